The second-order valence-electron chi connectivity index (χ2n) is 3.74. The first-order chi connectivity index (χ1) is 8.22. The van der Waals surface area contributed by atoms with Crippen LogP contribution in [0.3, 0.4) is 0 Å². The number of hydrogen-bond donors (Lipinski definition) is 1. The van der Waals surface area contributed by atoms with Gasteiger partial charge in [0.15, 0.2) is 0 Å². The summed E-state index contributed by atoms with van der Waals surface area (Å²) in [7, 11) is 3.78. The van der Waals surface area contributed by atoms with Gasteiger partial charge >= 0.3 is 0 Å². The molecule has 0 aliphatic rings. The molecule has 2 rings (SSSR count). The van der Waals surface area contributed by atoms with Crippen molar-refractivity contribution in [3.05, 3.63) is 41.2 Å². The van der Waals surface area contributed by atoms with Crippen LogP contribution in [0, 0.1) is 0 Å². The summed E-state index contributed by atoms with van der Waals surface area (Å²) in [6, 6.07) is 2.02. The Labute approximate surface area is 105 Å². The second kappa shape index (κ2) is 5.25. The van der Waals surface area contributed by atoms with Crippen LogP contribution in [0.25, 0.3) is 0 Å². The van der Waals surface area contributed by atoms with Gasteiger partial charge in [0.25, 0.3) is 0 Å². The normalized spacial score (nSPS) is 12.6. The van der Waals surface area contributed by atoms with Crippen molar-refractivity contribution in [2.75, 3.05) is 7.05 Å². The average molecular weight is 252 g/mol. The lowest BCUT2D eigenvalue weighted by molar-refractivity contribution is 0.553. The van der Waals surface area contributed by atoms with Gasteiger partial charge in [-0.1, -0.05) is 11.6 Å². The maximum Gasteiger partial charge on any atom is 0.138 e. The molecule has 5 nitrogen and oxygen atoms in total. The molecule has 0 saturated carbocycles. The summed E-state index contributed by atoms with van der Waals surface area (Å²) in [6.45, 7) is 0. The van der Waals surface area contributed by atoms with E-state index in [0.717, 1.165) is 17.8 Å². The predicted molar refractivity (Wildman–Crippen MR) is 65.8 cm³/mol. The van der Waals surface area contributed by atoms with E-state index in [-0.39, 0.29) is 6.04 Å². The van der Waals surface area contributed by atoms with Crippen molar-refractivity contribution in [3.63, 3.8) is 0 Å². The van der Waals surface area contributed by atoms with Crippen LogP contribution in [0.1, 0.15) is 17.4 Å². The Hall–Kier alpha value is -1.46. The zero-order valence-corrected chi connectivity index (χ0v) is 10.5. The molecule has 0 amide bonds. The third-order valence-corrected chi connectivity index (χ3v) is 3.04. The molecule has 6 heteroatoms. The number of hydrogen-bond acceptors (Lipinski definition) is 4. The molecule has 1 N–H and O–H groups in total. The van der Waals surface area contributed by atoms with E-state index in [1.807, 2.05) is 20.2 Å². The molecule has 0 aliphatic heterocycles. The molecule has 0 radical (unpaired) electrons. The van der Waals surface area contributed by atoms with E-state index in [1.54, 1.807) is 23.4 Å². The first kappa shape index (κ1) is 12.0. The van der Waals surface area contributed by atoms with Gasteiger partial charge in [0.2, 0.25) is 0 Å². The fraction of sp³-hybridized carbons (Fsp3) is 0.364. The lowest BCUT2D eigenvalue weighted by atomic mass is 10.1. The Morgan fingerprint density at radius 3 is 2.94 bits per heavy atom. The fourth-order valence-electron chi connectivity index (χ4n) is 1.72. The zero-order valence-electron chi connectivity index (χ0n) is 9.76. The van der Waals surface area contributed by atoms with Gasteiger partial charge in [-0.3, -0.25) is 9.67 Å². The Morgan fingerprint density at radius 2 is 2.35 bits per heavy atom. The Kier molecular flexibility index (Phi) is 3.71. The number of nitrogens with zero attached hydrogens (tertiary/aromatic N) is 4. The molecule has 0 fully saturated rings. The number of likely N-dealkylation sites (N-methyl/N-ethyl adjacent to an activating group) is 1. The highest BCUT2D eigenvalue weighted by atomic mass is 35.5. The smallest absolute Gasteiger partial charge is 0.138 e. The van der Waals surface area contributed by atoms with Gasteiger partial charge in [-0.15, -0.1) is 0 Å². The lowest BCUT2D eigenvalue weighted by Gasteiger charge is -2.16. The van der Waals surface area contributed by atoms with E-state index in [4.69, 9.17) is 11.6 Å². The molecule has 1 atom stereocenters. The van der Waals surface area contributed by atoms with Crippen LogP contribution in [0.5, 0.6) is 0 Å². The van der Waals surface area contributed by atoms with Gasteiger partial charge in [-0.25, -0.2) is 4.98 Å². The number of aromatic nitrogens is 4. The first-order valence-electron chi connectivity index (χ1n) is 5.32. The summed E-state index contributed by atoms with van der Waals surface area (Å²) < 4.78 is 1.76. The summed E-state index contributed by atoms with van der Waals surface area (Å²) in [6.07, 6.45) is 5.67. The van der Waals surface area contributed by atoms with Crippen molar-refractivity contribution in [2.45, 2.75) is 12.5 Å². The Bertz CT molecular complexity index is 496. The SMILES string of the molecule is CNC(Cc1ncnn1C)c1ccncc1Cl. The van der Waals surface area contributed by atoms with Gasteiger partial charge < -0.3 is 5.32 Å². The number of rotatable bonds is 4. The highest BCUT2D eigenvalue weighted by Crippen LogP contribution is 2.23. The third-order valence-electron chi connectivity index (χ3n) is 2.72. The van der Waals surface area contributed by atoms with Crippen LogP contribution in [0.15, 0.2) is 24.8 Å². The van der Waals surface area contributed by atoms with Gasteiger partial charge in [-0.05, 0) is 18.7 Å². The highest BCUT2D eigenvalue weighted by molar-refractivity contribution is 6.31. The summed E-state index contributed by atoms with van der Waals surface area (Å²) in [5.74, 6) is 0.914. The monoisotopic (exact) mass is 251 g/mol. The quantitative estimate of drug-likeness (QED) is 0.892. The number of nitrogens with one attached hydrogen (secondary N) is 1. The maximum absolute atomic E-state index is 6.13. The lowest BCUT2D eigenvalue weighted by Crippen LogP contribution is -2.21. The van der Waals surface area contributed by atoms with E-state index in [0.29, 0.717) is 5.02 Å². The molecule has 0 spiro atoms. The first-order valence-corrected chi connectivity index (χ1v) is 5.69. The van der Waals surface area contributed by atoms with Crippen molar-refractivity contribution in [3.8, 4) is 0 Å². The van der Waals surface area contributed by atoms with Crippen LogP contribution in [0.4, 0.5) is 0 Å². The maximum atomic E-state index is 6.13. The predicted octanol–water partition coefficient (Wildman–Crippen LogP) is 1.37. The van der Waals surface area contributed by atoms with E-state index < -0.39 is 0 Å². The summed E-state index contributed by atoms with van der Waals surface area (Å²) in [4.78, 5) is 8.20. The summed E-state index contributed by atoms with van der Waals surface area (Å²) >= 11 is 6.13. The largest absolute Gasteiger partial charge is 0.313 e. The second-order valence-corrected chi connectivity index (χ2v) is 4.15. The van der Waals surface area contributed by atoms with Gasteiger partial charge in [0, 0.05) is 31.9 Å². The van der Waals surface area contributed by atoms with Crippen LogP contribution in [0.2, 0.25) is 5.02 Å². The van der Waals surface area contributed by atoms with Crippen molar-refractivity contribution in [2.24, 2.45) is 7.05 Å². The number of pyridine rings is 1. The molecule has 0 saturated heterocycles. The average Bonchev–Trinajstić information content (AvgIpc) is 2.73. The summed E-state index contributed by atoms with van der Waals surface area (Å²) in [5.41, 5.74) is 1.02. The molecule has 2 aromatic heterocycles. The summed E-state index contributed by atoms with van der Waals surface area (Å²) in [5, 5.41) is 7.94. The molecule has 0 aromatic carbocycles. The highest BCUT2D eigenvalue weighted by Gasteiger charge is 2.15. The van der Waals surface area contributed by atoms with Gasteiger partial charge in [0.05, 0.1) is 5.02 Å². The fourth-order valence-corrected chi connectivity index (χ4v) is 1.97. The molecule has 17 heavy (non-hydrogen) atoms. The van der Waals surface area contributed by atoms with Crippen LogP contribution >= 0.6 is 11.6 Å². The van der Waals surface area contributed by atoms with Crippen LogP contribution < -0.4 is 5.32 Å². The van der Waals surface area contributed by atoms with E-state index in [2.05, 4.69) is 20.4 Å². The van der Waals surface area contributed by atoms with Crippen molar-refractivity contribution in [1.82, 2.24) is 25.1 Å². The molecule has 1 unspecified atom stereocenters. The van der Waals surface area contributed by atoms with E-state index >= 15 is 0 Å². The molecule has 0 bridgehead atoms. The molecular formula is C11H14ClN5. The molecule has 2 heterocycles. The molecular weight excluding hydrogens is 238 g/mol. The van der Waals surface area contributed by atoms with Gasteiger partial charge in [0.1, 0.15) is 12.2 Å². The van der Waals surface area contributed by atoms with E-state index in [1.165, 1.54) is 0 Å². The van der Waals surface area contributed by atoms with Gasteiger partial charge in [-0.2, -0.15) is 5.10 Å². The third kappa shape index (κ3) is 2.62. The topological polar surface area (TPSA) is 55.6 Å². The van der Waals surface area contributed by atoms with Crippen molar-refractivity contribution < 1.29 is 0 Å². The number of aryl methyl sites for hydroxylation is 1. The van der Waals surface area contributed by atoms with E-state index in [9.17, 15) is 0 Å². The Morgan fingerprint density at radius 1 is 1.53 bits per heavy atom. The number of halogens is 1. The molecule has 90 valence electrons. The minimum Gasteiger partial charge on any atom is -0.313 e. The van der Waals surface area contributed by atoms with Crippen molar-refractivity contribution in [1.29, 1.82) is 0 Å². The molecule has 2 aromatic rings. The van der Waals surface area contributed by atoms with Crippen LogP contribution in [-0.2, 0) is 13.5 Å². The van der Waals surface area contributed by atoms with Crippen LogP contribution in [-0.4, -0.2) is 26.8 Å². The zero-order chi connectivity index (χ0) is 12.3. The minimum atomic E-state index is 0.105. The van der Waals surface area contributed by atoms with Crippen molar-refractivity contribution >= 4 is 11.6 Å². The standard InChI is InChI=1S/C11H14ClN5/c1-13-10(5-11-15-7-16-17(11)2)8-3-4-14-6-9(8)12/h3-4,6-7,10,13H,5H2,1-2H3. The Balaban J connectivity index is 2.23. The minimum absolute atomic E-state index is 0.105. The molecule has 0 aliphatic carbocycles.